The zero-order chi connectivity index (χ0) is 23.0. The average molecular weight is 439 g/mol. The van der Waals surface area contributed by atoms with Gasteiger partial charge in [-0.2, -0.15) is 0 Å². The molecular weight excluding hydrogens is 414 g/mol. The fourth-order valence-corrected chi connectivity index (χ4v) is 3.74. The van der Waals surface area contributed by atoms with Crippen LogP contribution in [0.3, 0.4) is 0 Å². The molecule has 10 heteroatoms. The van der Waals surface area contributed by atoms with Crippen LogP contribution in [0.5, 0.6) is 11.5 Å². The lowest BCUT2D eigenvalue weighted by Gasteiger charge is -2.25. The summed E-state index contributed by atoms with van der Waals surface area (Å²) >= 11 is 0. The molecule has 0 saturated carbocycles. The number of carbonyl (C=O) groups is 1. The number of nitrogens with zero attached hydrogens (tertiary/aromatic N) is 4. The second-order valence-electron chi connectivity index (χ2n) is 7.35. The van der Waals surface area contributed by atoms with Crippen LogP contribution in [0.25, 0.3) is 23.3 Å². The molecule has 1 amide bonds. The van der Waals surface area contributed by atoms with Crippen molar-refractivity contribution in [1.82, 2.24) is 24.0 Å². The van der Waals surface area contributed by atoms with Crippen LogP contribution in [-0.2, 0) is 24.9 Å². The zero-order valence-corrected chi connectivity index (χ0v) is 18.4. The van der Waals surface area contributed by atoms with Crippen molar-refractivity contribution in [2.45, 2.75) is 33.0 Å². The first-order valence-electron chi connectivity index (χ1n) is 10.4. The Morgan fingerprint density at radius 1 is 1.19 bits per heavy atom. The number of imidazole rings is 1. The van der Waals surface area contributed by atoms with Gasteiger partial charge in [0.15, 0.2) is 22.7 Å². The van der Waals surface area contributed by atoms with Crippen LogP contribution in [0.1, 0.15) is 25.2 Å². The maximum absolute atomic E-state index is 12.8. The van der Waals surface area contributed by atoms with Gasteiger partial charge in [0, 0.05) is 27.2 Å². The molecule has 32 heavy (non-hydrogen) atoms. The highest BCUT2D eigenvalue weighted by molar-refractivity contribution is 5.81. The van der Waals surface area contributed by atoms with Gasteiger partial charge in [-0.25, -0.2) is 9.78 Å². The molecule has 1 atom stereocenters. The number of ether oxygens (including phenoxy) is 2. The zero-order valence-electron chi connectivity index (χ0n) is 18.4. The third kappa shape index (κ3) is 3.47. The van der Waals surface area contributed by atoms with Crippen molar-refractivity contribution in [3.63, 3.8) is 0 Å². The molecule has 0 spiro atoms. The Hall–Kier alpha value is -3.82. The molecule has 0 aliphatic carbocycles. The summed E-state index contributed by atoms with van der Waals surface area (Å²) in [6.07, 6.45) is 2.93. The van der Waals surface area contributed by atoms with Gasteiger partial charge in [-0.05, 0) is 37.6 Å². The molecule has 3 heterocycles. The molecule has 10 nitrogen and oxygen atoms in total. The first-order chi connectivity index (χ1) is 15.4. The van der Waals surface area contributed by atoms with E-state index >= 15 is 0 Å². The van der Waals surface area contributed by atoms with E-state index in [0.29, 0.717) is 41.6 Å². The molecule has 0 fully saturated rings. The number of aromatic nitrogens is 4. The second-order valence-corrected chi connectivity index (χ2v) is 7.35. The number of carbonyl (C=O) groups excluding carboxylic acids is 1. The number of nitrogens with one attached hydrogen (secondary N) is 1. The van der Waals surface area contributed by atoms with E-state index in [4.69, 9.17) is 9.47 Å². The van der Waals surface area contributed by atoms with Gasteiger partial charge in [-0.1, -0.05) is 12.1 Å². The molecular formula is C22H25N5O5. The highest BCUT2D eigenvalue weighted by Crippen LogP contribution is 2.33. The summed E-state index contributed by atoms with van der Waals surface area (Å²) in [5, 5.41) is 2.54. The lowest BCUT2D eigenvalue weighted by Crippen LogP contribution is -2.42. The summed E-state index contributed by atoms with van der Waals surface area (Å²) in [5.74, 6) is 1.34. The van der Waals surface area contributed by atoms with E-state index in [1.54, 1.807) is 43.8 Å². The van der Waals surface area contributed by atoms with E-state index < -0.39 is 6.10 Å². The lowest BCUT2D eigenvalue weighted by molar-refractivity contribution is -0.129. The van der Waals surface area contributed by atoms with Crippen LogP contribution >= 0.6 is 0 Å². The van der Waals surface area contributed by atoms with Gasteiger partial charge in [-0.15, -0.1) is 0 Å². The second kappa shape index (κ2) is 8.37. The van der Waals surface area contributed by atoms with Gasteiger partial charge in [0.25, 0.3) is 11.5 Å². The fourth-order valence-electron chi connectivity index (χ4n) is 3.74. The van der Waals surface area contributed by atoms with Crippen LogP contribution < -0.4 is 26.0 Å². The van der Waals surface area contributed by atoms with Gasteiger partial charge in [0.2, 0.25) is 6.10 Å². The summed E-state index contributed by atoms with van der Waals surface area (Å²) in [6, 6.07) is 5.38. The maximum atomic E-state index is 12.8. The third-order valence-corrected chi connectivity index (χ3v) is 5.50. The maximum Gasteiger partial charge on any atom is 0.332 e. The summed E-state index contributed by atoms with van der Waals surface area (Å²) < 4.78 is 15.8. The number of rotatable bonds is 5. The fraction of sp³-hybridized carbons (Fsp3) is 0.364. The van der Waals surface area contributed by atoms with Crippen molar-refractivity contribution in [2.24, 2.45) is 7.05 Å². The minimum atomic E-state index is -0.683. The number of aryl methyl sites for hydroxylation is 2. The molecule has 0 radical (unpaired) electrons. The Bertz CT molecular complexity index is 1350. The first kappa shape index (κ1) is 21.4. The van der Waals surface area contributed by atoms with Crippen molar-refractivity contribution in [3.05, 3.63) is 50.4 Å². The van der Waals surface area contributed by atoms with Crippen LogP contribution in [-0.4, -0.2) is 44.4 Å². The first-order valence-corrected chi connectivity index (χ1v) is 10.4. The SMILES string of the molecule is CCn1c(=O)c2c(nc(/C=C/c3ccc4c(c3)OCC(C(=O)NC)O4)n2C)n(CC)c1=O. The quantitative estimate of drug-likeness (QED) is 0.635. The summed E-state index contributed by atoms with van der Waals surface area (Å²) in [7, 11) is 3.30. The minimum Gasteiger partial charge on any atom is -0.485 e. The van der Waals surface area contributed by atoms with E-state index in [1.165, 1.54) is 9.13 Å². The van der Waals surface area contributed by atoms with Gasteiger partial charge >= 0.3 is 5.69 Å². The number of hydrogen-bond acceptors (Lipinski definition) is 6. The van der Waals surface area contributed by atoms with Gasteiger partial charge in [0.1, 0.15) is 12.4 Å². The van der Waals surface area contributed by atoms with E-state index in [9.17, 15) is 14.4 Å². The molecule has 1 aliphatic rings. The Labute approximate surface area is 183 Å². The highest BCUT2D eigenvalue weighted by atomic mass is 16.6. The topological polar surface area (TPSA) is 109 Å². The Morgan fingerprint density at radius 2 is 1.94 bits per heavy atom. The van der Waals surface area contributed by atoms with Crippen LogP contribution in [0, 0.1) is 0 Å². The highest BCUT2D eigenvalue weighted by Gasteiger charge is 2.26. The van der Waals surface area contributed by atoms with E-state index in [0.717, 1.165) is 5.56 Å². The summed E-state index contributed by atoms with van der Waals surface area (Å²) in [4.78, 5) is 41.7. The van der Waals surface area contributed by atoms with Crippen molar-refractivity contribution in [1.29, 1.82) is 0 Å². The van der Waals surface area contributed by atoms with Crippen molar-refractivity contribution < 1.29 is 14.3 Å². The minimum absolute atomic E-state index is 0.128. The largest absolute Gasteiger partial charge is 0.485 e. The molecule has 1 unspecified atom stereocenters. The Morgan fingerprint density at radius 3 is 2.62 bits per heavy atom. The molecule has 1 N–H and O–H groups in total. The number of likely N-dealkylation sites (N-methyl/N-ethyl adjacent to an activating group) is 1. The lowest BCUT2D eigenvalue weighted by atomic mass is 10.1. The number of hydrogen-bond donors (Lipinski definition) is 1. The van der Waals surface area contributed by atoms with E-state index in [-0.39, 0.29) is 23.8 Å². The number of amides is 1. The average Bonchev–Trinajstić information content (AvgIpc) is 3.13. The molecule has 3 aromatic rings. The molecule has 2 aromatic heterocycles. The van der Waals surface area contributed by atoms with Crippen molar-refractivity contribution in [2.75, 3.05) is 13.7 Å². The van der Waals surface area contributed by atoms with Crippen molar-refractivity contribution >= 4 is 29.2 Å². The molecule has 0 saturated heterocycles. The van der Waals surface area contributed by atoms with Gasteiger partial charge in [-0.3, -0.25) is 18.7 Å². The predicted molar refractivity (Wildman–Crippen MR) is 120 cm³/mol. The predicted octanol–water partition coefficient (Wildman–Crippen LogP) is 0.993. The van der Waals surface area contributed by atoms with Crippen LogP contribution in [0.2, 0.25) is 0 Å². The molecule has 1 aromatic carbocycles. The van der Waals surface area contributed by atoms with Gasteiger partial charge in [0.05, 0.1) is 0 Å². The molecule has 168 valence electrons. The molecule has 4 rings (SSSR count). The standard InChI is InChI=1S/C22H25N5O5/c1-5-26-19-18(21(29)27(6-2)22(26)30)25(4)17(24-19)10-8-13-7-9-14-15(11-13)31-12-16(32-14)20(28)23-3/h7-11,16H,5-6,12H2,1-4H3,(H,23,28)/b10-8+. The van der Waals surface area contributed by atoms with Crippen LogP contribution in [0.4, 0.5) is 0 Å². The summed E-state index contributed by atoms with van der Waals surface area (Å²) in [5.41, 5.74) is 0.878. The van der Waals surface area contributed by atoms with Gasteiger partial charge < -0.3 is 19.4 Å². The number of benzene rings is 1. The third-order valence-electron chi connectivity index (χ3n) is 5.50. The summed E-state index contributed by atoms with van der Waals surface area (Å²) in [6.45, 7) is 4.45. The Balaban J connectivity index is 1.69. The molecule has 0 bridgehead atoms. The smallest absolute Gasteiger partial charge is 0.332 e. The normalized spacial score (nSPS) is 15.4. The van der Waals surface area contributed by atoms with Crippen LogP contribution in [0.15, 0.2) is 27.8 Å². The molecule has 1 aliphatic heterocycles. The monoisotopic (exact) mass is 439 g/mol. The Kier molecular flexibility index (Phi) is 5.60. The van der Waals surface area contributed by atoms with E-state index in [2.05, 4.69) is 10.3 Å². The number of fused-ring (bicyclic) bond motifs is 2. The van der Waals surface area contributed by atoms with Crippen molar-refractivity contribution in [3.8, 4) is 11.5 Å². The van der Waals surface area contributed by atoms with E-state index in [1.807, 2.05) is 19.1 Å².